The molecule has 0 radical (unpaired) electrons. The zero-order chi connectivity index (χ0) is 49.6. The number of nitrogens with zero attached hydrogens (tertiary/aromatic N) is 1. The van der Waals surface area contributed by atoms with Gasteiger partial charge in [-0.25, -0.2) is 37.2 Å². The van der Waals surface area contributed by atoms with Gasteiger partial charge in [0.2, 0.25) is 5.91 Å². The van der Waals surface area contributed by atoms with E-state index in [9.17, 15) is 52.1 Å². The third kappa shape index (κ3) is 19.5. The summed E-state index contributed by atoms with van der Waals surface area (Å²) in [6.07, 6.45) is 1.17. The molecule has 0 heterocycles. The number of nitrogens with two attached hydrogens (primary N) is 3. The molecule has 0 aliphatic heterocycles. The van der Waals surface area contributed by atoms with Crippen molar-refractivity contribution in [3.05, 3.63) is 122 Å². The number of carbonyl (C=O) groups is 7. The molecule has 0 aromatic heterocycles. The van der Waals surface area contributed by atoms with Gasteiger partial charge in [0.1, 0.15) is 9.84 Å². The molecule has 13 N–H and O–H groups in total. The number of benzene rings is 4. The smallest absolute Gasteiger partial charge is 0.343 e. The Bertz CT molecular complexity index is 2440. The highest BCUT2D eigenvalue weighted by atomic mass is 32.2. The van der Waals surface area contributed by atoms with Gasteiger partial charge in [-0.05, 0) is 62.0 Å². The van der Waals surface area contributed by atoms with Crippen LogP contribution in [0.3, 0.4) is 0 Å². The molecule has 25 heteroatoms. The van der Waals surface area contributed by atoms with Crippen LogP contribution in [-0.4, -0.2) is 118 Å². The van der Waals surface area contributed by atoms with Crippen LogP contribution in [0.25, 0.3) is 0 Å². The van der Waals surface area contributed by atoms with E-state index in [0.717, 1.165) is 24.3 Å². The summed E-state index contributed by atoms with van der Waals surface area (Å²) in [6.45, 7) is 3.57. The SMILES string of the molecule is C.C.CC(=O)Nc1cccc(C(=O)O)c1C(=O)O.CCOc1cc([C@H](N)CS(C)(=O)=O)ccc1OC.CN.Nc1cccc(C(=O)O)c1C(=O)O.O=C(O)c1cccc([N+](=O)[O-])c1C(=O)O. The molecule has 4 aromatic rings. The summed E-state index contributed by atoms with van der Waals surface area (Å²) in [5.41, 5.74) is 12.7. The van der Waals surface area contributed by atoms with E-state index in [2.05, 4.69) is 11.1 Å². The lowest BCUT2D eigenvalue weighted by molar-refractivity contribution is -0.385. The predicted molar refractivity (Wildman–Crippen MR) is 241 cm³/mol. The van der Waals surface area contributed by atoms with Crippen LogP contribution in [0.2, 0.25) is 0 Å². The lowest BCUT2D eigenvalue weighted by Gasteiger charge is -2.15. The van der Waals surface area contributed by atoms with Crippen molar-refractivity contribution in [1.82, 2.24) is 0 Å². The van der Waals surface area contributed by atoms with Gasteiger partial charge in [-0.2, -0.15) is 0 Å². The van der Waals surface area contributed by atoms with Crippen molar-refractivity contribution in [2.24, 2.45) is 11.5 Å². The first-order valence-corrected chi connectivity index (χ1v) is 19.6. The van der Waals surface area contributed by atoms with E-state index in [1.165, 1.54) is 50.6 Å². The minimum absolute atomic E-state index is 0. The number of aromatic carboxylic acids is 6. The second-order valence-corrected chi connectivity index (χ2v) is 14.2. The number of nitro groups is 1. The highest BCUT2D eigenvalue weighted by molar-refractivity contribution is 7.90. The number of carboxylic acid groups (broad SMARTS) is 6. The Morgan fingerprint density at radius 2 is 1.15 bits per heavy atom. The standard InChI is InChI=1S/C12H19NO4S.C10H9NO5.C8H5NO6.C8H7NO4.CH5N.2CH4/c1-4-17-12-7-9(5-6-11(12)16-2)10(13)8-18(3,14)15;1-5(12)11-7-4-2-3-6(9(13)14)8(7)10(15)16;10-7(11)4-2-1-3-5(9(14)15)6(4)8(12)13;9-5-3-1-2-4(7(10)11)6(5)8(12)13;1-2;;/h5-7,10H,4,8,13H2,1-3H3;2-4H,1H3,(H,11,12)(H,13,14)(H,15,16);1-3H,(H,10,11)(H,12,13);1-3H,9H2,(H,10,11)(H,12,13);2H2,1H3;2*1H4/t10-;;;;;;/m1....../s1. The van der Waals surface area contributed by atoms with Crippen molar-refractivity contribution in [2.75, 3.05) is 43.8 Å². The molecule has 66 heavy (non-hydrogen) atoms. The average Bonchev–Trinajstić information content (AvgIpc) is 3.20. The molecular formula is C41H53N5O19S. The largest absolute Gasteiger partial charge is 0.493 e. The first-order chi connectivity index (χ1) is 29.8. The minimum atomic E-state index is -3.11. The Morgan fingerprint density at radius 1 is 0.712 bits per heavy atom. The maximum atomic E-state index is 11.2. The Hall–Kier alpha value is -8.16. The molecule has 0 aliphatic rings. The fourth-order valence-corrected chi connectivity index (χ4v) is 5.80. The number of carbonyl (C=O) groups excluding carboxylic acids is 1. The summed E-state index contributed by atoms with van der Waals surface area (Å²) < 4.78 is 33.0. The van der Waals surface area contributed by atoms with Crippen LogP contribution in [0.4, 0.5) is 17.1 Å². The van der Waals surface area contributed by atoms with E-state index in [1.54, 1.807) is 25.3 Å². The van der Waals surface area contributed by atoms with Crippen molar-refractivity contribution in [1.29, 1.82) is 0 Å². The second kappa shape index (κ2) is 29.3. The molecule has 0 fully saturated rings. The number of carboxylic acids is 6. The maximum Gasteiger partial charge on any atom is 0.343 e. The highest BCUT2D eigenvalue weighted by Crippen LogP contribution is 2.30. The second-order valence-electron chi connectivity index (χ2n) is 12.0. The van der Waals surface area contributed by atoms with Crippen molar-refractivity contribution in [3.8, 4) is 11.5 Å². The average molecular weight is 952 g/mol. The van der Waals surface area contributed by atoms with Crippen molar-refractivity contribution < 1.29 is 87.0 Å². The zero-order valence-electron chi connectivity index (χ0n) is 34.5. The van der Waals surface area contributed by atoms with E-state index < -0.39 is 84.9 Å². The summed E-state index contributed by atoms with van der Waals surface area (Å²) in [7, 11) is -0.0598. The molecule has 24 nitrogen and oxygen atoms in total. The third-order valence-electron chi connectivity index (χ3n) is 7.44. The summed E-state index contributed by atoms with van der Waals surface area (Å²) in [5.74, 6) is -7.94. The van der Waals surface area contributed by atoms with E-state index in [4.69, 9.17) is 51.6 Å². The lowest BCUT2D eigenvalue weighted by atomic mass is 10.1. The quantitative estimate of drug-likeness (QED) is 0.0466. The maximum absolute atomic E-state index is 11.2. The summed E-state index contributed by atoms with van der Waals surface area (Å²) >= 11 is 0. The molecule has 4 rings (SSSR count). The fraction of sp³-hybridized carbons (Fsp3) is 0.244. The Labute approximate surface area is 378 Å². The normalized spacial score (nSPS) is 10.0. The number of nitro benzene ring substituents is 1. The van der Waals surface area contributed by atoms with Crippen molar-refractivity contribution in [2.45, 2.75) is 34.7 Å². The summed E-state index contributed by atoms with van der Waals surface area (Å²) in [4.78, 5) is 84.5. The van der Waals surface area contributed by atoms with E-state index in [1.807, 2.05) is 6.92 Å². The molecule has 0 spiro atoms. The van der Waals surface area contributed by atoms with Gasteiger partial charge < -0.3 is 62.6 Å². The molecule has 0 aliphatic carbocycles. The molecular weight excluding hydrogens is 899 g/mol. The van der Waals surface area contributed by atoms with Crippen LogP contribution in [0.15, 0.2) is 72.8 Å². The van der Waals surface area contributed by atoms with Crippen LogP contribution in [0, 0.1) is 10.1 Å². The number of hydrogen-bond acceptors (Lipinski definition) is 16. The van der Waals surface area contributed by atoms with Gasteiger partial charge in [-0.15, -0.1) is 0 Å². The molecule has 0 saturated heterocycles. The number of amides is 1. The monoisotopic (exact) mass is 951 g/mol. The molecule has 0 bridgehead atoms. The fourth-order valence-electron chi connectivity index (χ4n) is 4.95. The van der Waals surface area contributed by atoms with E-state index in [0.29, 0.717) is 23.7 Å². The number of rotatable bonds is 14. The van der Waals surface area contributed by atoms with Gasteiger partial charge in [0.05, 0.1) is 57.9 Å². The van der Waals surface area contributed by atoms with Crippen LogP contribution in [0.5, 0.6) is 11.5 Å². The predicted octanol–water partition coefficient (Wildman–Crippen LogP) is 4.68. The number of nitrogens with one attached hydrogen (secondary N) is 1. The van der Waals surface area contributed by atoms with Gasteiger partial charge in [-0.1, -0.05) is 39.1 Å². The zero-order valence-corrected chi connectivity index (χ0v) is 35.3. The summed E-state index contributed by atoms with van der Waals surface area (Å²) in [5, 5.41) is 65.0. The van der Waals surface area contributed by atoms with Crippen molar-refractivity contribution in [3.63, 3.8) is 0 Å². The molecule has 0 saturated carbocycles. The van der Waals surface area contributed by atoms with Gasteiger partial charge in [0.15, 0.2) is 17.1 Å². The van der Waals surface area contributed by atoms with Gasteiger partial charge in [-0.3, -0.25) is 14.9 Å². The van der Waals surface area contributed by atoms with Crippen LogP contribution < -0.4 is 32.0 Å². The number of methoxy groups -OCH3 is 1. The molecule has 0 unspecified atom stereocenters. The van der Waals surface area contributed by atoms with Crippen LogP contribution in [-0.2, 0) is 14.6 Å². The van der Waals surface area contributed by atoms with Crippen LogP contribution >= 0.6 is 0 Å². The molecule has 1 amide bonds. The van der Waals surface area contributed by atoms with E-state index >= 15 is 0 Å². The number of hydrogen-bond donors (Lipinski definition) is 10. The minimum Gasteiger partial charge on any atom is -0.493 e. The lowest BCUT2D eigenvalue weighted by Crippen LogP contribution is -2.20. The number of ether oxygens (including phenoxy) is 2. The number of sulfone groups is 1. The summed E-state index contributed by atoms with van der Waals surface area (Å²) in [6, 6.07) is 15.5. The van der Waals surface area contributed by atoms with Crippen molar-refractivity contribution >= 4 is 68.6 Å². The van der Waals surface area contributed by atoms with Gasteiger partial charge in [0.25, 0.3) is 5.69 Å². The molecule has 1 atom stereocenters. The first kappa shape index (κ1) is 62.1. The Morgan fingerprint density at radius 3 is 1.53 bits per heavy atom. The topological polar surface area (TPSA) is 427 Å². The molecule has 4 aromatic carbocycles. The number of nitrogen functional groups attached to an aromatic ring is 1. The van der Waals surface area contributed by atoms with Gasteiger partial charge >= 0.3 is 35.8 Å². The Balaban J connectivity index is -0.000000788. The van der Waals surface area contributed by atoms with Gasteiger partial charge in [0, 0.05) is 31.0 Å². The first-order valence-electron chi connectivity index (χ1n) is 17.6. The van der Waals surface area contributed by atoms with E-state index in [-0.39, 0.29) is 48.7 Å². The van der Waals surface area contributed by atoms with Crippen LogP contribution in [0.1, 0.15) is 102 Å². The molecule has 362 valence electrons. The Kier molecular flexibility index (Phi) is 27.5. The number of anilines is 2. The highest BCUT2D eigenvalue weighted by Gasteiger charge is 2.26. The third-order valence-corrected chi connectivity index (χ3v) is 8.41.